The van der Waals surface area contributed by atoms with Gasteiger partial charge in [-0.15, -0.1) is 0 Å². The molecule has 1 saturated heterocycles. The summed E-state index contributed by atoms with van der Waals surface area (Å²) in [6.07, 6.45) is -0.615. The number of halogens is 1. The molecule has 1 fully saturated rings. The van der Waals surface area contributed by atoms with Gasteiger partial charge >= 0.3 is 5.97 Å². The second kappa shape index (κ2) is 3.95. The molecule has 4 heteroatoms. The summed E-state index contributed by atoms with van der Waals surface area (Å²) in [5.41, 5.74) is 0. The zero-order valence-corrected chi connectivity index (χ0v) is 7.20. The number of alkyl halides is 1. The SMILES string of the molecule is COC(=O)C(F)C1CCSC1. The van der Waals surface area contributed by atoms with E-state index < -0.39 is 12.1 Å². The molecular weight excluding hydrogens is 167 g/mol. The Hall–Kier alpha value is -0.250. The molecule has 0 saturated carbocycles. The zero-order valence-electron chi connectivity index (χ0n) is 6.38. The number of carbonyl (C=O) groups is 1. The highest BCUT2D eigenvalue weighted by Crippen LogP contribution is 2.28. The van der Waals surface area contributed by atoms with E-state index in [-0.39, 0.29) is 5.92 Å². The van der Waals surface area contributed by atoms with E-state index in [9.17, 15) is 9.18 Å². The lowest BCUT2D eigenvalue weighted by molar-refractivity contribution is -0.148. The smallest absolute Gasteiger partial charge is 0.340 e. The molecular formula is C7H11FO2S. The fourth-order valence-electron chi connectivity index (χ4n) is 1.09. The lowest BCUT2D eigenvalue weighted by Crippen LogP contribution is -2.26. The molecule has 1 rings (SSSR count). The van der Waals surface area contributed by atoms with Gasteiger partial charge in [0.05, 0.1) is 7.11 Å². The summed E-state index contributed by atoms with van der Waals surface area (Å²) >= 11 is 1.69. The number of hydrogen-bond acceptors (Lipinski definition) is 3. The summed E-state index contributed by atoms with van der Waals surface area (Å²) in [4.78, 5) is 10.7. The van der Waals surface area contributed by atoms with Crippen LogP contribution >= 0.6 is 11.8 Å². The fourth-order valence-corrected chi connectivity index (χ4v) is 2.36. The minimum absolute atomic E-state index is 0.118. The predicted octanol–water partition coefficient (Wildman–Crippen LogP) is 1.25. The van der Waals surface area contributed by atoms with Crippen molar-refractivity contribution in [2.45, 2.75) is 12.6 Å². The quantitative estimate of drug-likeness (QED) is 0.595. The van der Waals surface area contributed by atoms with Crippen molar-refractivity contribution in [1.82, 2.24) is 0 Å². The van der Waals surface area contributed by atoms with Crippen LogP contribution in [-0.2, 0) is 9.53 Å². The van der Waals surface area contributed by atoms with Crippen LogP contribution in [0.25, 0.3) is 0 Å². The first-order valence-electron chi connectivity index (χ1n) is 3.55. The van der Waals surface area contributed by atoms with Crippen molar-refractivity contribution in [1.29, 1.82) is 0 Å². The van der Waals surface area contributed by atoms with Gasteiger partial charge in [0, 0.05) is 5.92 Å². The van der Waals surface area contributed by atoms with E-state index in [0.717, 1.165) is 17.9 Å². The predicted molar refractivity (Wildman–Crippen MR) is 42.3 cm³/mol. The van der Waals surface area contributed by atoms with Gasteiger partial charge in [-0.2, -0.15) is 11.8 Å². The summed E-state index contributed by atoms with van der Waals surface area (Å²) in [7, 11) is 1.22. The first kappa shape index (κ1) is 8.84. The average molecular weight is 178 g/mol. The van der Waals surface area contributed by atoms with Gasteiger partial charge in [0.25, 0.3) is 0 Å². The second-order valence-corrected chi connectivity index (χ2v) is 3.70. The minimum Gasteiger partial charge on any atom is -0.467 e. The summed E-state index contributed by atoms with van der Waals surface area (Å²) < 4.78 is 17.3. The van der Waals surface area contributed by atoms with E-state index in [1.54, 1.807) is 11.8 Å². The van der Waals surface area contributed by atoms with E-state index in [1.807, 2.05) is 0 Å². The van der Waals surface area contributed by atoms with Crippen molar-refractivity contribution in [2.75, 3.05) is 18.6 Å². The minimum atomic E-state index is -1.41. The van der Waals surface area contributed by atoms with Crippen molar-refractivity contribution < 1.29 is 13.9 Å². The van der Waals surface area contributed by atoms with Gasteiger partial charge in [-0.3, -0.25) is 0 Å². The molecule has 0 aliphatic carbocycles. The Morgan fingerprint density at radius 1 is 1.82 bits per heavy atom. The number of rotatable bonds is 2. The van der Waals surface area contributed by atoms with E-state index in [1.165, 1.54) is 7.11 Å². The number of thioether (sulfide) groups is 1. The van der Waals surface area contributed by atoms with E-state index in [4.69, 9.17) is 0 Å². The fraction of sp³-hybridized carbons (Fsp3) is 0.857. The number of hydrogen-bond donors (Lipinski definition) is 0. The van der Waals surface area contributed by atoms with Crippen LogP contribution in [0.5, 0.6) is 0 Å². The van der Waals surface area contributed by atoms with Gasteiger partial charge in [-0.05, 0) is 17.9 Å². The third kappa shape index (κ3) is 2.09. The zero-order chi connectivity index (χ0) is 8.27. The van der Waals surface area contributed by atoms with Gasteiger partial charge in [0.1, 0.15) is 0 Å². The molecule has 0 aromatic carbocycles. The highest BCUT2D eigenvalue weighted by Gasteiger charge is 2.31. The van der Waals surface area contributed by atoms with Crippen LogP contribution in [0.3, 0.4) is 0 Å². The maximum atomic E-state index is 13.0. The number of carbonyl (C=O) groups excluding carboxylic acids is 1. The summed E-state index contributed by atoms with van der Waals surface area (Å²) in [6, 6.07) is 0. The average Bonchev–Trinajstić information content (AvgIpc) is 2.53. The van der Waals surface area contributed by atoms with Crippen molar-refractivity contribution in [2.24, 2.45) is 5.92 Å². The molecule has 2 atom stereocenters. The normalized spacial score (nSPS) is 26.5. The van der Waals surface area contributed by atoms with Crippen LogP contribution in [0.15, 0.2) is 0 Å². The van der Waals surface area contributed by atoms with Crippen molar-refractivity contribution >= 4 is 17.7 Å². The molecule has 0 aromatic rings. The summed E-state index contributed by atoms with van der Waals surface area (Å²) in [5.74, 6) is 0.864. The summed E-state index contributed by atoms with van der Waals surface area (Å²) in [6.45, 7) is 0. The lowest BCUT2D eigenvalue weighted by Gasteiger charge is -2.11. The van der Waals surface area contributed by atoms with Crippen LogP contribution in [0.4, 0.5) is 4.39 Å². The molecule has 0 N–H and O–H groups in total. The Balaban J connectivity index is 2.39. The molecule has 0 radical (unpaired) electrons. The standard InChI is InChI=1S/C7H11FO2S/c1-10-7(9)6(8)5-2-3-11-4-5/h5-6H,2-4H2,1H3. The maximum Gasteiger partial charge on any atom is 0.340 e. The molecule has 0 spiro atoms. The third-order valence-corrected chi connectivity index (χ3v) is 2.99. The monoisotopic (exact) mass is 178 g/mol. The molecule has 64 valence electrons. The highest BCUT2D eigenvalue weighted by atomic mass is 32.2. The Morgan fingerprint density at radius 2 is 2.55 bits per heavy atom. The van der Waals surface area contributed by atoms with E-state index >= 15 is 0 Å². The number of ether oxygens (including phenoxy) is 1. The topological polar surface area (TPSA) is 26.3 Å². The van der Waals surface area contributed by atoms with Gasteiger partial charge < -0.3 is 4.74 Å². The largest absolute Gasteiger partial charge is 0.467 e. The maximum absolute atomic E-state index is 13.0. The van der Waals surface area contributed by atoms with Gasteiger partial charge in [-0.25, -0.2) is 9.18 Å². The van der Waals surface area contributed by atoms with E-state index in [2.05, 4.69) is 4.74 Å². The van der Waals surface area contributed by atoms with Crippen LogP contribution < -0.4 is 0 Å². The molecule has 1 heterocycles. The van der Waals surface area contributed by atoms with Crippen LogP contribution in [0.2, 0.25) is 0 Å². The molecule has 0 bridgehead atoms. The summed E-state index contributed by atoms with van der Waals surface area (Å²) in [5, 5.41) is 0. The number of methoxy groups -OCH3 is 1. The highest BCUT2D eigenvalue weighted by molar-refractivity contribution is 7.99. The molecule has 11 heavy (non-hydrogen) atoms. The Kier molecular flexibility index (Phi) is 3.17. The van der Waals surface area contributed by atoms with E-state index in [0.29, 0.717) is 0 Å². The molecule has 0 amide bonds. The lowest BCUT2D eigenvalue weighted by atomic mass is 10.0. The van der Waals surface area contributed by atoms with Gasteiger partial charge in [0.15, 0.2) is 0 Å². The molecule has 0 aromatic heterocycles. The molecule has 1 aliphatic rings. The van der Waals surface area contributed by atoms with Crippen molar-refractivity contribution in [3.05, 3.63) is 0 Å². The Bertz CT molecular complexity index is 145. The van der Waals surface area contributed by atoms with Crippen LogP contribution in [-0.4, -0.2) is 30.8 Å². The second-order valence-electron chi connectivity index (χ2n) is 2.55. The molecule has 1 aliphatic heterocycles. The van der Waals surface area contributed by atoms with Crippen LogP contribution in [0.1, 0.15) is 6.42 Å². The molecule has 2 nitrogen and oxygen atoms in total. The third-order valence-electron chi connectivity index (χ3n) is 1.81. The van der Waals surface area contributed by atoms with Crippen molar-refractivity contribution in [3.8, 4) is 0 Å². The van der Waals surface area contributed by atoms with Gasteiger partial charge in [-0.1, -0.05) is 0 Å². The first-order valence-corrected chi connectivity index (χ1v) is 4.71. The van der Waals surface area contributed by atoms with Crippen LogP contribution in [0, 0.1) is 5.92 Å². The Morgan fingerprint density at radius 3 is 3.00 bits per heavy atom. The number of esters is 1. The van der Waals surface area contributed by atoms with Crippen molar-refractivity contribution in [3.63, 3.8) is 0 Å². The first-order chi connectivity index (χ1) is 5.25. The molecule has 2 unspecified atom stereocenters. The Labute approximate surface area is 69.5 Å². The van der Waals surface area contributed by atoms with Gasteiger partial charge in [0.2, 0.25) is 6.17 Å².